The average Bonchev–Trinajstić information content (AvgIpc) is 3.26. The summed E-state index contributed by atoms with van der Waals surface area (Å²) >= 11 is 13.7. The fourth-order valence-corrected chi connectivity index (χ4v) is 7.32. The van der Waals surface area contributed by atoms with Crippen LogP contribution in [0.15, 0.2) is 35.7 Å². The van der Waals surface area contributed by atoms with Crippen molar-refractivity contribution in [1.29, 1.82) is 0 Å². The minimum atomic E-state index is -1.82. The number of fused-ring (bicyclic) bond motifs is 1. The summed E-state index contributed by atoms with van der Waals surface area (Å²) in [7, 11) is 0. The molecule has 2 N–H and O–H groups in total. The summed E-state index contributed by atoms with van der Waals surface area (Å²) in [6, 6.07) is 5.09. The molecule has 1 heterocycles. The molecule has 13 heteroatoms. The number of rotatable bonds is 8. The van der Waals surface area contributed by atoms with Gasteiger partial charge < -0.3 is 29.2 Å². The number of carbonyl (C=O) groups excluding carboxylic acids is 3. The molecule has 4 rings (SSSR count). The molecule has 2 saturated carbocycles. The van der Waals surface area contributed by atoms with Gasteiger partial charge in [0.15, 0.2) is 10.7 Å². The van der Waals surface area contributed by atoms with E-state index < -0.39 is 69.5 Å². The van der Waals surface area contributed by atoms with Gasteiger partial charge in [-0.15, -0.1) is 0 Å². The molecule has 242 valence electrons. The minimum Gasteiger partial charge on any atom is -0.460 e. The number of imidazole rings is 1. The van der Waals surface area contributed by atoms with Gasteiger partial charge >= 0.3 is 18.0 Å². The van der Waals surface area contributed by atoms with E-state index in [1.807, 2.05) is 0 Å². The first-order valence-electron chi connectivity index (χ1n) is 14.4. The SMILES string of the molecule is CC(C)(C)OC(=O)N[C@]1(C(=O)OC(C)(C)C)[C@@H]2[C@@H](C(=O)OC(C)(C)C)[C@@H]2[C@H](Sc2ncc[nH]2)[C@H]1OCc1ccc(Cl)c(Cl)c1. The zero-order chi connectivity index (χ0) is 32.8. The van der Waals surface area contributed by atoms with E-state index in [9.17, 15) is 14.4 Å². The summed E-state index contributed by atoms with van der Waals surface area (Å²) < 4.78 is 24.0. The van der Waals surface area contributed by atoms with Crippen LogP contribution in [0.2, 0.25) is 10.0 Å². The smallest absolute Gasteiger partial charge is 0.408 e. The molecule has 0 bridgehead atoms. The van der Waals surface area contributed by atoms with Gasteiger partial charge in [-0.3, -0.25) is 4.79 Å². The number of aromatic amines is 1. The summed E-state index contributed by atoms with van der Waals surface area (Å²) in [6.45, 7) is 15.7. The van der Waals surface area contributed by atoms with E-state index in [0.717, 1.165) is 0 Å². The number of amides is 1. The molecule has 2 aromatic rings. The first kappa shape index (κ1) is 34.4. The molecule has 0 aliphatic heterocycles. The molecule has 44 heavy (non-hydrogen) atoms. The molecule has 2 fully saturated rings. The summed E-state index contributed by atoms with van der Waals surface area (Å²) in [5.41, 5.74) is -3.69. The number of aromatic nitrogens is 2. The van der Waals surface area contributed by atoms with Gasteiger partial charge in [-0.05, 0) is 85.9 Å². The molecular weight excluding hydrogens is 629 g/mol. The second kappa shape index (κ2) is 12.4. The predicted octanol–water partition coefficient (Wildman–Crippen LogP) is 6.59. The fraction of sp³-hybridized carbons (Fsp3) is 0.613. The number of benzene rings is 1. The van der Waals surface area contributed by atoms with Gasteiger partial charge in [-0.25, -0.2) is 14.6 Å². The van der Waals surface area contributed by atoms with Crippen molar-refractivity contribution < 1.29 is 33.3 Å². The highest BCUT2D eigenvalue weighted by Gasteiger charge is 2.81. The Morgan fingerprint density at radius 2 is 1.59 bits per heavy atom. The Morgan fingerprint density at radius 1 is 0.955 bits per heavy atom. The van der Waals surface area contributed by atoms with E-state index in [0.29, 0.717) is 20.8 Å². The number of halogens is 2. The third kappa shape index (κ3) is 7.84. The van der Waals surface area contributed by atoms with E-state index in [1.165, 1.54) is 11.8 Å². The maximum atomic E-state index is 14.4. The van der Waals surface area contributed by atoms with Crippen LogP contribution in [0, 0.1) is 17.8 Å². The van der Waals surface area contributed by atoms with Crippen molar-refractivity contribution >= 4 is 53.0 Å². The van der Waals surface area contributed by atoms with E-state index in [4.69, 9.17) is 42.1 Å². The summed E-state index contributed by atoms with van der Waals surface area (Å²) in [5, 5.41) is 3.63. The summed E-state index contributed by atoms with van der Waals surface area (Å²) in [6.07, 6.45) is 1.46. The van der Waals surface area contributed by atoms with E-state index in [1.54, 1.807) is 92.9 Å². The monoisotopic (exact) mass is 669 g/mol. The Bertz CT molecular complexity index is 1380. The van der Waals surface area contributed by atoms with Crippen LogP contribution >= 0.6 is 35.0 Å². The Kier molecular flexibility index (Phi) is 9.68. The van der Waals surface area contributed by atoms with Crippen LogP contribution in [0.4, 0.5) is 4.79 Å². The maximum Gasteiger partial charge on any atom is 0.408 e. The maximum absolute atomic E-state index is 14.4. The van der Waals surface area contributed by atoms with Crippen molar-refractivity contribution in [2.75, 3.05) is 0 Å². The second-order valence-corrected chi connectivity index (χ2v) is 16.1. The van der Waals surface area contributed by atoms with Crippen LogP contribution in [-0.4, -0.2) is 61.7 Å². The predicted molar refractivity (Wildman–Crippen MR) is 168 cm³/mol. The molecule has 0 saturated heterocycles. The van der Waals surface area contributed by atoms with Gasteiger partial charge in [-0.1, -0.05) is 41.0 Å². The second-order valence-electron chi connectivity index (χ2n) is 14.1. The lowest BCUT2D eigenvalue weighted by Gasteiger charge is -2.41. The number of carbonyl (C=O) groups is 3. The van der Waals surface area contributed by atoms with Crippen molar-refractivity contribution in [2.45, 2.75) is 108 Å². The van der Waals surface area contributed by atoms with Crippen LogP contribution in [0.3, 0.4) is 0 Å². The highest BCUT2D eigenvalue weighted by molar-refractivity contribution is 7.99. The standard InChI is InChI=1S/C31H41Cl2N3O7S/c1-28(2,3)41-24(37)20-19-21(20)31(25(38)42-29(4,5)6,36-27(39)43-30(7,8)9)23(22(19)44-26-34-12-13-35-26)40-15-16-10-11-17(32)18(33)14-16/h10-14,19-23H,15H2,1-9H3,(H,34,35)(H,36,39)/t19-,20-,21-,22-,23+,31+/m0/s1. The highest BCUT2D eigenvalue weighted by Crippen LogP contribution is 2.67. The quantitative estimate of drug-likeness (QED) is 0.236. The third-order valence-electron chi connectivity index (χ3n) is 6.99. The average molecular weight is 671 g/mol. The number of ether oxygens (including phenoxy) is 4. The molecule has 1 aromatic heterocycles. The molecule has 2 aliphatic rings. The molecule has 1 aromatic carbocycles. The van der Waals surface area contributed by atoms with Gasteiger partial charge in [0.05, 0.1) is 22.6 Å². The number of nitrogens with one attached hydrogen (secondary N) is 2. The number of hydrogen-bond donors (Lipinski definition) is 2. The third-order valence-corrected chi connectivity index (χ3v) is 9.00. The molecule has 2 aliphatic carbocycles. The first-order chi connectivity index (χ1) is 20.2. The van der Waals surface area contributed by atoms with Crippen molar-refractivity contribution in [3.05, 3.63) is 46.2 Å². The summed E-state index contributed by atoms with van der Waals surface area (Å²) in [4.78, 5) is 49.0. The van der Waals surface area contributed by atoms with Crippen LogP contribution in [0.25, 0.3) is 0 Å². The molecule has 0 unspecified atom stereocenters. The fourth-order valence-electron chi connectivity index (χ4n) is 5.57. The molecule has 1 amide bonds. The van der Waals surface area contributed by atoms with Crippen molar-refractivity contribution in [3.63, 3.8) is 0 Å². The molecule has 0 radical (unpaired) electrons. The van der Waals surface area contributed by atoms with E-state index >= 15 is 0 Å². The zero-order valence-electron chi connectivity index (χ0n) is 26.4. The lowest BCUT2D eigenvalue weighted by atomic mass is 9.86. The van der Waals surface area contributed by atoms with Crippen molar-refractivity contribution in [1.82, 2.24) is 15.3 Å². The normalized spacial score (nSPS) is 26.5. The van der Waals surface area contributed by atoms with Gasteiger partial charge in [0.2, 0.25) is 0 Å². The van der Waals surface area contributed by atoms with Crippen LogP contribution in [0.5, 0.6) is 0 Å². The van der Waals surface area contributed by atoms with Crippen LogP contribution in [-0.2, 0) is 35.1 Å². The molecular formula is C31H41Cl2N3O7S. The van der Waals surface area contributed by atoms with Gasteiger partial charge in [0.1, 0.15) is 22.9 Å². The lowest BCUT2D eigenvalue weighted by molar-refractivity contribution is -0.173. The number of H-pyrrole nitrogens is 1. The number of thioether (sulfide) groups is 1. The van der Waals surface area contributed by atoms with Crippen LogP contribution in [0.1, 0.15) is 67.9 Å². The number of alkyl carbamates (subject to hydrolysis) is 1. The van der Waals surface area contributed by atoms with Crippen molar-refractivity contribution in [2.24, 2.45) is 17.8 Å². The number of hydrogen-bond acceptors (Lipinski definition) is 9. The van der Waals surface area contributed by atoms with Gasteiger partial charge in [-0.2, -0.15) is 0 Å². The van der Waals surface area contributed by atoms with E-state index in [-0.39, 0.29) is 6.61 Å². The zero-order valence-corrected chi connectivity index (χ0v) is 28.8. The summed E-state index contributed by atoms with van der Waals surface area (Å²) in [5.74, 6) is -3.08. The molecule has 6 atom stereocenters. The first-order valence-corrected chi connectivity index (χ1v) is 16.0. The Morgan fingerprint density at radius 3 is 2.14 bits per heavy atom. The van der Waals surface area contributed by atoms with Crippen molar-refractivity contribution in [3.8, 4) is 0 Å². The lowest BCUT2D eigenvalue weighted by Crippen LogP contribution is -2.66. The van der Waals surface area contributed by atoms with Crippen LogP contribution < -0.4 is 5.32 Å². The van der Waals surface area contributed by atoms with Gasteiger partial charge in [0, 0.05) is 23.6 Å². The minimum absolute atomic E-state index is 0.0217. The Labute approximate surface area is 272 Å². The largest absolute Gasteiger partial charge is 0.460 e. The molecule has 10 nitrogen and oxygen atoms in total. The van der Waals surface area contributed by atoms with E-state index in [2.05, 4.69) is 15.3 Å². The molecule has 0 spiro atoms. The number of nitrogens with zero attached hydrogens (tertiary/aromatic N) is 1. The topological polar surface area (TPSA) is 129 Å². The van der Waals surface area contributed by atoms with Gasteiger partial charge in [0.25, 0.3) is 0 Å². The number of esters is 2. The Hall–Kier alpha value is -2.47. The highest BCUT2D eigenvalue weighted by atomic mass is 35.5. The Balaban J connectivity index is 1.84.